The van der Waals surface area contributed by atoms with E-state index >= 15 is 0 Å². The van der Waals surface area contributed by atoms with Crippen LogP contribution in [0.25, 0.3) is 0 Å². The number of nitrogens with one attached hydrogen (secondary N) is 1. The average molecular weight is 353 g/mol. The van der Waals surface area contributed by atoms with E-state index in [1.165, 1.54) is 12.1 Å². The fourth-order valence-corrected chi connectivity index (χ4v) is 2.72. The molecule has 5 nitrogen and oxygen atoms in total. The van der Waals surface area contributed by atoms with Crippen molar-refractivity contribution >= 4 is 11.6 Å². The Kier molecular flexibility index (Phi) is 5.02. The number of methoxy groups -OCH3 is 1. The standard InChI is InChI=1S/C20H20FN3O2/c1-13-19(22-20(25)16-6-10-18(26-3)11-7-16)14(2)24(23-13)12-15-4-8-17(21)9-5-15/h4-11H,12H2,1-3H3,(H,22,25). The zero-order chi connectivity index (χ0) is 18.7. The molecule has 3 rings (SSSR count). The first-order valence-corrected chi connectivity index (χ1v) is 8.22. The number of benzene rings is 2. The smallest absolute Gasteiger partial charge is 0.255 e. The molecule has 0 atom stereocenters. The van der Waals surface area contributed by atoms with Gasteiger partial charge in [0.25, 0.3) is 5.91 Å². The fraction of sp³-hybridized carbons (Fsp3) is 0.200. The Balaban J connectivity index is 1.78. The molecule has 3 aromatic rings. The van der Waals surface area contributed by atoms with Crippen LogP contribution in [-0.4, -0.2) is 22.8 Å². The number of carbonyl (C=O) groups is 1. The van der Waals surface area contributed by atoms with E-state index in [4.69, 9.17) is 4.74 Å². The van der Waals surface area contributed by atoms with E-state index in [0.717, 1.165) is 17.0 Å². The molecule has 1 aromatic heterocycles. The maximum atomic E-state index is 13.0. The van der Waals surface area contributed by atoms with Gasteiger partial charge in [-0.2, -0.15) is 5.10 Å². The lowest BCUT2D eigenvalue weighted by Crippen LogP contribution is -2.13. The van der Waals surface area contributed by atoms with Crippen molar-refractivity contribution in [3.8, 4) is 5.75 Å². The molecule has 0 aliphatic carbocycles. The second kappa shape index (κ2) is 7.39. The minimum Gasteiger partial charge on any atom is -0.497 e. The quantitative estimate of drug-likeness (QED) is 0.756. The summed E-state index contributed by atoms with van der Waals surface area (Å²) in [5, 5.41) is 7.41. The fourth-order valence-electron chi connectivity index (χ4n) is 2.72. The van der Waals surface area contributed by atoms with Crippen molar-refractivity contribution in [1.82, 2.24) is 9.78 Å². The summed E-state index contributed by atoms with van der Waals surface area (Å²) >= 11 is 0. The first kappa shape index (κ1) is 17.7. The van der Waals surface area contributed by atoms with Gasteiger partial charge < -0.3 is 10.1 Å². The monoisotopic (exact) mass is 353 g/mol. The number of nitrogens with zero attached hydrogens (tertiary/aromatic N) is 2. The maximum Gasteiger partial charge on any atom is 0.255 e. The average Bonchev–Trinajstić information content (AvgIpc) is 2.91. The number of ether oxygens (including phenoxy) is 1. The van der Waals surface area contributed by atoms with Crippen molar-refractivity contribution in [2.75, 3.05) is 12.4 Å². The van der Waals surface area contributed by atoms with E-state index in [1.807, 2.05) is 13.8 Å². The molecule has 0 bridgehead atoms. The minimum atomic E-state index is -0.269. The number of halogens is 1. The number of aromatic nitrogens is 2. The summed E-state index contributed by atoms with van der Waals surface area (Å²) in [5.41, 5.74) is 3.73. The van der Waals surface area contributed by atoms with Crippen LogP contribution in [-0.2, 0) is 6.54 Å². The minimum absolute atomic E-state index is 0.208. The molecule has 0 saturated heterocycles. The SMILES string of the molecule is COc1ccc(C(=O)Nc2c(C)nn(Cc3ccc(F)cc3)c2C)cc1. The summed E-state index contributed by atoms with van der Waals surface area (Å²) in [4.78, 5) is 12.5. The van der Waals surface area contributed by atoms with Crippen molar-refractivity contribution in [3.05, 3.63) is 76.9 Å². The predicted molar refractivity (Wildman–Crippen MR) is 98.2 cm³/mol. The third-order valence-corrected chi connectivity index (χ3v) is 4.22. The molecule has 2 aromatic carbocycles. The van der Waals surface area contributed by atoms with Gasteiger partial charge in [-0.15, -0.1) is 0 Å². The topological polar surface area (TPSA) is 56.1 Å². The molecule has 0 aliphatic rings. The first-order chi connectivity index (χ1) is 12.5. The highest BCUT2D eigenvalue weighted by Gasteiger charge is 2.15. The Labute approximate surface area is 151 Å². The Morgan fingerprint density at radius 3 is 2.38 bits per heavy atom. The predicted octanol–water partition coefficient (Wildman–Crippen LogP) is 3.95. The van der Waals surface area contributed by atoms with Gasteiger partial charge in [0.05, 0.1) is 30.7 Å². The van der Waals surface area contributed by atoms with Gasteiger partial charge in [-0.05, 0) is 55.8 Å². The van der Waals surface area contributed by atoms with Crippen LogP contribution in [0.4, 0.5) is 10.1 Å². The van der Waals surface area contributed by atoms with Gasteiger partial charge in [0.1, 0.15) is 11.6 Å². The molecule has 26 heavy (non-hydrogen) atoms. The van der Waals surface area contributed by atoms with E-state index in [1.54, 1.807) is 48.2 Å². The van der Waals surface area contributed by atoms with E-state index < -0.39 is 0 Å². The molecule has 1 N–H and O–H groups in total. The van der Waals surface area contributed by atoms with E-state index in [0.29, 0.717) is 23.5 Å². The zero-order valence-electron chi connectivity index (χ0n) is 14.9. The van der Waals surface area contributed by atoms with Crippen molar-refractivity contribution in [3.63, 3.8) is 0 Å². The summed E-state index contributed by atoms with van der Waals surface area (Å²) < 4.78 is 19.9. The largest absolute Gasteiger partial charge is 0.497 e. The number of aryl methyl sites for hydroxylation is 1. The zero-order valence-corrected chi connectivity index (χ0v) is 14.9. The molecule has 0 radical (unpaired) electrons. The summed E-state index contributed by atoms with van der Waals surface area (Å²) in [6.45, 7) is 4.25. The van der Waals surface area contributed by atoms with E-state index in [-0.39, 0.29) is 11.7 Å². The number of rotatable bonds is 5. The molecule has 1 heterocycles. The summed E-state index contributed by atoms with van der Waals surface area (Å²) in [7, 11) is 1.58. The van der Waals surface area contributed by atoms with Crippen LogP contribution in [0.5, 0.6) is 5.75 Å². The van der Waals surface area contributed by atoms with Crippen LogP contribution in [0.1, 0.15) is 27.3 Å². The molecule has 0 aliphatic heterocycles. The van der Waals surface area contributed by atoms with Crippen molar-refractivity contribution in [2.24, 2.45) is 0 Å². The van der Waals surface area contributed by atoms with Gasteiger partial charge in [-0.1, -0.05) is 12.1 Å². The van der Waals surface area contributed by atoms with Crippen LogP contribution in [0, 0.1) is 19.7 Å². The molecule has 0 spiro atoms. The molecule has 0 fully saturated rings. The second-order valence-corrected chi connectivity index (χ2v) is 6.01. The lowest BCUT2D eigenvalue weighted by Gasteiger charge is -2.08. The van der Waals surface area contributed by atoms with Gasteiger partial charge >= 0.3 is 0 Å². The lowest BCUT2D eigenvalue weighted by atomic mass is 10.2. The highest BCUT2D eigenvalue weighted by atomic mass is 19.1. The summed E-state index contributed by atoms with van der Waals surface area (Å²) in [6.07, 6.45) is 0. The molecular formula is C20H20FN3O2. The third-order valence-electron chi connectivity index (χ3n) is 4.22. The number of hydrogen-bond acceptors (Lipinski definition) is 3. The normalized spacial score (nSPS) is 10.6. The number of anilines is 1. The Hall–Kier alpha value is -3.15. The van der Waals surface area contributed by atoms with Crippen molar-refractivity contribution in [2.45, 2.75) is 20.4 Å². The number of carbonyl (C=O) groups excluding carboxylic acids is 1. The van der Waals surface area contributed by atoms with Gasteiger partial charge in [0, 0.05) is 5.56 Å². The maximum absolute atomic E-state index is 13.0. The van der Waals surface area contributed by atoms with Gasteiger partial charge in [0.2, 0.25) is 0 Å². The van der Waals surface area contributed by atoms with Crippen LogP contribution in [0.15, 0.2) is 48.5 Å². The van der Waals surface area contributed by atoms with Crippen LogP contribution in [0.2, 0.25) is 0 Å². The molecule has 0 saturated carbocycles. The van der Waals surface area contributed by atoms with Crippen LogP contribution < -0.4 is 10.1 Å². The number of amides is 1. The van der Waals surface area contributed by atoms with Crippen LogP contribution in [0.3, 0.4) is 0 Å². The number of hydrogen-bond donors (Lipinski definition) is 1. The third kappa shape index (κ3) is 3.74. The molecule has 6 heteroatoms. The van der Waals surface area contributed by atoms with E-state index in [2.05, 4.69) is 10.4 Å². The summed E-state index contributed by atoms with van der Waals surface area (Å²) in [6, 6.07) is 13.2. The van der Waals surface area contributed by atoms with E-state index in [9.17, 15) is 9.18 Å². The highest BCUT2D eigenvalue weighted by molar-refractivity contribution is 6.04. The van der Waals surface area contributed by atoms with Gasteiger partial charge in [0.15, 0.2) is 0 Å². The molecule has 134 valence electrons. The molecule has 0 unspecified atom stereocenters. The van der Waals surface area contributed by atoms with Gasteiger partial charge in [-0.25, -0.2) is 4.39 Å². The van der Waals surface area contributed by atoms with Crippen molar-refractivity contribution < 1.29 is 13.9 Å². The second-order valence-electron chi connectivity index (χ2n) is 6.01. The Morgan fingerprint density at radius 1 is 1.12 bits per heavy atom. The Bertz CT molecular complexity index is 915. The Morgan fingerprint density at radius 2 is 1.77 bits per heavy atom. The van der Waals surface area contributed by atoms with Crippen molar-refractivity contribution in [1.29, 1.82) is 0 Å². The lowest BCUT2D eigenvalue weighted by molar-refractivity contribution is 0.102. The van der Waals surface area contributed by atoms with Crippen LogP contribution >= 0.6 is 0 Å². The first-order valence-electron chi connectivity index (χ1n) is 8.22. The molecular weight excluding hydrogens is 333 g/mol. The summed E-state index contributed by atoms with van der Waals surface area (Å²) in [5.74, 6) is 0.218. The highest BCUT2D eigenvalue weighted by Crippen LogP contribution is 2.22. The van der Waals surface area contributed by atoms with Gasteiger partial charge in [-0.3, -0.25) is 9.48 Å². The molecule has 1 amide bonds.